The maximum absolute atomic E-state index is 12.1. The minimum absolute atomic E-state index is 0.157. The predicted octanol–water partition coefficient (Wildman–Crippen LogP) is 1.53. The smallest absolute Gasteiger partial charge is 0.243 e. The third kappa shape index (κ3) is 3.12. The molecular weight excluding hydrogens is 242 g/mol. The topological polar surface area (TPSA) is 70.2 Å². The first-order valence-electron chi connectivity index (χ1n) is 6.56. The van der Waals surface area contributed by atoms with Crippen molar-refractivity contribution in [1.82, 2.24) is 10.9 Å². The Morgan fingerprint density at radius 1 is 1.47 bits per heavy atom. The van der Waals surface area contributed by atoms with Crippen molar-refractivity contribution in [2.24, 2.45) is 0 Å². The van der Waals surface area contributed by atoms with Gasteiger partial charge in [-0.2, -0.15) is 0 Å². The van der Waals surface area contributed by atoms with E-state index in [1.807, 2.05) is 24.3 Å². The number of amides is 2. The van der Waals surface area contributed by atoms with Crippen LogP contribution in [0.5, 0.6) is 0 Å². The molecule has 5 heteroatoms. The van der Waals surface area contributed by atoms with Crippen molar-refractivity contribution in [3.05, 3.63) is 29.8 Å². The maximum Gasteiger partial charge on any atom is 0.243 e. The molecule has 1 aliphatic rings. The highest BCUT2D eigenvalue weighted by molar-refractivity contribution is 5.99. The number of carbonyl (C=O) groups is 2. The van der Waals surface area contributed by atoms with Gasteiger partial charge in [0.2, 0.25) is 11.8 Å². The average molecular weight is 261 g/mol. The molecule has 2 rings (SSSR count). The van der Waals surface area contributed by atoms with Crippen molar-refractivity contribution >= 4 is 17.5 Å². The van der Waals surface area contributed by atoms with Crippen molar-refractivity contribution in [3.63, 3.8) is 0 Å². The molecule has 0 aromatic heterocycles. The SMILES string of the molecule is CCC(C)c1ccccc1NC(=O)C1CC(=O)NN1. The third-order valence-electron chi connectivity index (χ3n) is 3.45. The molecule has 1 fully saturated rings. The van der Waals surface area contributed by atoms with Gasteiger partial charge in [0.05, 0.1) is 6.42 Å². The predicted molar refractivity (Wildman–Crippen MR) is 73.5 cm³/mol. The summed E-state index contributed by atoms with van der Waals surface area (Å²) in [6.45, 7) is 4.24. The first kappa shape index (κ1) is 13.5. The lowest BCUT2D eigenvalue weighted by Gasteiger charge is -2.17. The van der Waals surface area contributed by atoms with Crippen molar-refractivity contribution < 1.29 is 9.59 Å². The molecule has 2 atom stereocenters. The van der Waals surface area contributed by atoms with E-state index >= 15 is 0 Å². The van der Waals surface area contributed by atoms with Crippen LogP contribution in [-0.4, -0.2) is 17.9 Å². The highest BCUT2D eigenvalue weighted by atomic mass is 16.2. The van der Waals surface area contributed by atoms with E-state index < -0.39 is 6.04 Å². The Hall–Kier alpha value is -1.88. The summed E-state index contributed by atoms with van der Waals surface area (Å²) >= 11 is 0. The number of hydrazine groups is 1. The molecule has 0 saturated carbocycles. The van der Waals surface area contributed by atoms with Crippen molar-refractivity contribution in [2.45, 2.75) is 38.6 Å². The molecule has 102 valence electrons. The Morgan fingerprint density at radius 3 is 2.84 bits per heavy atom. The molecule has 1 saturated heterocycles. The molecule has 2 unspecified atom stereocenters. The van der Waals surface area contributed by atoms with Gasteiger partial charge < -0.3 is 5.32 Å². The number of benzene rings is 1. The zero-order valence-corrected chi connectivity index (χ0v) is 11.2. The molecule has 5 nitrogen and oxygen atoms in total. The Morgan fingerprint density at radius 2 is 2.21 bits per heavy atom. The summed E-state index contributed by atoms with van der Waals surface area (Å²) in [5.74, 6) is 0.0391. The quantitative estimate of drug-likeness (QED) is 0.770. The lowest BCUT2D eigenvalue weighted by molar-refractivity contribution is -0.121. The molecular formula is C14H19N3O2. The second kappa shape index (κ2) is 5.84. The summed E-state index contributed by atoms with van der Waals surface area (Å²) in [5.41, 5.74) is 7.06. The number of nitrogens with one attached hydrogen (secondary N) is 3. The van der Waals surface area contributed by atoms with Gasteiger partial charge in [-0.1, -0.05) is 32.0 Å². The molecule has 1 aromatic rings. The summed E-state index contributed by atoms with van der Waals surface area (Å²) < 4.78 is 0. The highest BCUT2D eigenvalue weighted by Gasteiger charge is 2.28. The highest BCUT2D eigenvalue weighted by Crippen LogP contribution is 2.26. The molecule has 1 aliphatic heterocycles. The van der Waals surface area contributed by atoms with E-state index in [0.29, 0.717) is 5.92 Å². The summed E-state index contributed by atoms with van der Waals surface area (Å²) in [6, 6.07) is 7.28. The van der Waals surface area contributed by atoms with E-state index in [9.17, 15) is 9.59 Å². The van der Waals surface area contributed by atoms with Crippen LogP contribution in [-0.2, 0) is 9.59 Å². The summed E-state index contributed by atoms with van der Waals surface area (Å²) in [7, 11) is 0. The van der Waals surface area contributed by atoms with Crippen LogP contribution in [0.15, 0.2) is 24.3 Å². The summed E-state index contributed by atoms with van der Waals surface area (Å²) in [6.07, 6.45) is 1.19. The number of anilines is 1. The molecule has 1 heterocycles. The van der Waals surface area contributed by atoms with Crippen LogP contribution < -0.4 is 16.2 Å². The van der Waals surface area contributed by atoms with Crippen molar-refractivity contribution in [3.8, 4) is 0 Å². The Bertz CT molecular complexity index is 487. The van der Waals surface area contributed by atoms with E-state index in [-0.39, 0.29) is 18.2 Å². The van der Waals surface area contributed by atoms with Crippen LogP contribution in [0.1, 0.15) is 38.2 Å². The number of hydrogen-bond acceptors (Lipinski definition) is 3. The van der Waals surface area contributed by atoms with Gasteiger partial charge in [-0.15, -0.1) is 0 Å². The van der Waals surface area contributed by atoms with E-state index in [1.165, 1.54) is 0 Å². The molecule has 0 spiro atoms. The van der Waals surface area contributed by atoms with Gasteiger partial charge in [0.1, 0.15) is 6.04 Å². The van der Waals surface area contributed by atoms with Gasteiger partial charge in [0.15, 0.2) is 0 Å². The van der Waals surface area contributed by atoms with Crippen LogP contribution in [0.25, 0.3) is 0 Å². The fraction of sp³-hybridized carbons (Fsp3) is 0.429. The van der Waals surface area contributed by atoms with Crippen LogP contribution in [0.2, 0.25) is 0 Å². The Labute approximate surface area is 112 Å². The fourth-order valence-electron chi connectivity index (χ4n) is 2.09. The molecule has 3 N–H and O–H groups in total. The van der Waals surface area contributed by atoms with Crippen LogP contribution in [0.3, 0.4) is 0 Å². The second-order valence-corrected chi connectivity index (χ2v) is 4.84. The standard InChI is InChI=1S/C14H19N3O2/c1-3-9(2)10-6-4-5-7-11(10)15-14(19)12-8-13(18)17-16-12/h4-7,9,12,16H,3,8H2,1-2H3,(H,15,19)(H,17,18). The molecule has 0 aliphatic carbocycles. The largest absolute Gasteiger partial charge is 0.324 e. The number of para-hydroxylation sites is 1. The zero-order chi connectivity index (χ0) is 13.8. The molecule has 19 heavy (non-hydrogen) atoms. The third-order valence-corrected chi connectivity index (χ3v) is 3.45. The fourth-order valence-corrected chi connectivity index (χ4v) is 2.09. The van der Waals surface area contributed by atoms with E-state index in [4.69, 9.17) is 0 Å². The molecule has 0 radical (unpaired) electrons. The number of hydrogen-bond donors (Lipinski definition) is 3. The normalized spacial score (nSPS) is 19.9. The second-order valence-electron chi connectivity index (χ2n) is 4.84. The van der Waals surface area contributed by atoms with E-state index in [1.54, 1.807) is 0 Å². The monoisotopic (exact) mass is 261 g/mol. The van der Waals surface area contributed by atoms with E-state index in [0.717, 1.165) is 17.7 Å². The molecule has 1 aromatic carbocycles. The summed E-state index contributed by atoms with van der Waals surface area (Å²) in [4.78, 5) is 23.1. The Balaban J connectivity index is 2.10. The van der Waals surface area contributed by atoms with Gasteiger partial charge in [0.25, 0.3) is 0 Å². The van der Waals surface area contributed by atoms with E-state index in [2.05, 4.69) is 30.0 Å². The summed E-state index contributed by atoms with van der Waals surface area (Å²) in [5, 5.41) is 2.89. The number of rotatable bonds is 4. The molecule has 0 bridgehead atoms. The van der Waals surface area contributed by atoms with Gasteiger partial charge in [0, 0.05) is 5.69 Å². The maximum atomic E-state index is 12.1. The molecule has 2 amide bonds. The van der Waals surface area contributed by atoms with Gasteiger partial charge in [-0.05, 0) is 24.0 Å². The van der Waals surface area contributed by atoms with Gasteiger partial charge >= 0.3 is 0 Å². The Kier molecular flexibility index (Phi) is 4.16. The number of carbonyl (C=O) groups excluding carboxylic acids is 2. The van der Waals surface area contributed by atoms with Gasteiger partial charge in [-0.25, -0.2) is 5.43 Å². The van der Waals surface area contributed by atoms with Crippen molar-refractivity contribution in [2.75, 3.05) is 5.32 Å². The lowest BCUT2D eigenvalue weighted by atomic mass is 9.97. The minimum atomic E-state index is -0.502. The average Bonchev–Trinajstić information content (AvgIpc) is 2.85. The van der Waals surface area contributed by atoms with Crippen LogP contribution >= 0.6 is 0 Å². The zero-order valence-electron chi connectivity index (χ0n) is 11.2. The first-order valence-corrected chi connectivity index (χ1v) is 6.56. The van der Waals surface area contributed by atoms with Crippen molar-refractivity contribution in [1.29, 1.82) is 0 Å². The van der Waals surface area contributed by atoms with Crippen LogP contribution in [0, 0.1) is 0 Å². The van der Waals surface area contributed by atoms with Crippen LogP contribution in [0.4, 0.5) is 5.69 Å². The minimum Gasteiger partial charge on any atom is -0.324 e. The van der Waals surface area contributed by atoms with Gasteiger partial charge in [-0.3, -0.25) is 15.0 Å². The lowest BCUT2D eigenvalue weighted by Crippen LogP contribution is -2.39. The first-order chi connectivity index (χ1) is 9.11.